The molecule has 0 aliphatic carbocycles. The van der Waals surface area contributed by atoms with Gasteiger partial charge in [0.2, 0.25) is 0 Å². The largest absolute Gasteiger partial charge is 1.00 e. The van der Waals surface area contributed by atoms with E-state index in [0.29, 0.717) is 28.6 Å². The molecule has 28 heteroatoms. The number of allylic oxidation sites excluding steroid dienone is 1. The topological polar surface area (TPSA) is 193 Å². The Labute approximate surface area is 731 Å². The van der Waals surface area contributed by atoms with Crippen LogP contribution < -0.4 is 58.5 Å². The summed E-state index contributed by atoms with van der Waals surface area (Å²) < 4.78 is 33.1. The fourth-order valence-corrected chi connectivity index (χ4v) is 11.2. The smallest absolute Gasteiger partial charge is 0.662 e. The molecule has 13 rings (SSSR count). The Morgan fingerprint density at radius 1 is 0.440 bits per heavy atom. The fraction of sp³-hybridized carbons (Fsp3) is 0.148. The molecule has 1 unspecified atom stereocenters. The van der Waals surface area contributed by atoms with Crippen LogP contribution in [0.15, 0.2) is 257 Å². The van der Waals surface area contributed by atoms with Gasteiger partial charge in [0.05, 0.1) is 0 Å². The number of halogens is 11. The summed E-state index contributed by atoms with van der Waals surface area (Å²) in [6.45, 7) is 18.9. The van der Waals surface area contributed by atoms with Crippen LogP contribution in [0, 0.1) is 34.6 Å². The van der Waals surface area contributed by atoms with Gasteiger partial charge >= 0.3 is 29.6 Å². The van der Waals surface area contributed by atoms with Gasteiger partial charge in [0.25, 0.3) is 6.47 Å². The van der Waals surface area contributed by atoms with Crippen molar-refractivity contribution in [2.45, 2.75) is 79.1 Å². The molecule has 0 spiro atoms. The quantitative estimate of drug-likeness (QED) is 0.0194. The molecule has 0 saturated heterocycles. The zero-order valence-electron chi connectivity index (χ0n) is 59.6. The summed E-state index contributed by atoms with van der Waals surface area (Å²) in [5.41, 5.74) is 9.54. The Hall–Kier alpha value is -6.68. The maximum atomic E-state index is 8.64. The van der Waals surface area contributed by atoms with Crippen molar-refractivity contribution in [1.82, 2.24) is 0 Å². The number of hydrogen-bond donors (Lipinski definition) is 1. The van der Waals surface area contributed by atoms with Gasteiger partial charge in [-0.25, -0.2) is 0 Å². The first-order valence-corrected chi connectivity index (χ1v) is 38.9. The van der Waals surface area contributed by atoms with Crippen LogP contribution in [0.2, 0.25) is 25.1 Å². The molecule has 3 heterocycles. The van der Waals surface area contributed by atoms with Crippen molar-refractivity contribution in [1.29, 1.82) is 0 Å². The second kappa shape index (κ2) is 49.6. The third-order valence-corrected chi connectivity index (χ3v) is 18.0. The fourth-order valence-electron chi connectivity index (χ4n) is 9.05. The number of ether oxygens (including phenoxy) is 5. The summed E-state index contributed by atoms with van der Waals surface area (Å²) in [7, 11) is 0. The predicted octanol–water partition coefficient (Wildman–Crippen LogP) is 25.3. The van der Waals surface area contributed by atoms with E-state index in [2.05, 4.69) is 134 Å². The number of benzene rings is 10. The van der Waals surface area contributed by atoms with Crippen LogP contribution in [0.25, 0.3) is 6.08 Å². The minimum Gasteiger partial charge on any atom is -0.662 e. The molecule has 10 aromatic rings. The predicted molar refractivity (Wildman–Crippen MR) is 456 cm³/mol. The van der Waals surface area contributed by atoms with Gasteiger partial charge in [0.15, 0.2) is 21.8 Å². The number of oxime groups is 4. The number of carbonyl (C=O) groups excluding carboxylic acids is 1. The molecular weight excluding hydrogens is 1900 g/mol. The van der Waals surface area contributed by atoms with Crippen molar-refractivity contribution < 1.29 is 87.9 Å². The van der Waals surface area contributed by atoms with Crippen LogP contribution in [0.5, 0.6) is 57.5 Å². The molecule has 109 heavy (non-hydrogen) atoms. The van der Waals surface area contributed by atoms with E-state index < -0.39 is 0 Å². The van der Waals surface area contributed by atoms with Crippen molar-refractivity contribution in [3.05, 3.63) is 311 Å². The molecule has 3 aliphatic heterocycles. The molecule has 10 aromatic carbocycles. The van der Waals surface area contributed by atoms with Crippen molar-refractivity contribution in [2.24, 2.45) is 20.6 Å². The van der Waals surface area contributed by atoms with Gasteiger partial charge < -0.3 is 53.5 Å². The van der Waals surface area contributed by atoms with E-state index in [-0.39, 0.29) is 54.3 Å². The average Bonchev–Trinajstić information content (AvgIpc) is 1.80. The second-order valence-corrected chi connectivity index (χ2v) is 31.1. The van der Waals surface area contributed by atoms with E-state index in [4.69, 9.17) is 111 Å². The van der Waals surface area contributed by atoms with Crippen LogP contribution in [0.3, 0.4) is 0 Å². The molecule has 0 saturated carbocycles. The Balaban J connectivity index is 0.000000235. The normalized spacial score (nSPS) is 13.7. The molecule has 1 N–H and O–H groups in total. The van der Waals surface area contributed by atoms with Gasteiger partial charge in [0, 0.05) is 48.8 Å². The molecule has 0 aromatic heterocycles. The van der Waals surface area contributed by atoms with Crippen molar-refractivity contribution in [3.8, 4) is 57.5 Å². The maximum absolute atomic E-state index is 8.64. The minimum atomic E-state index is -0.181. The van der Waals surface area contributed by atoms with Gasteiger partial charge in [-0.15, -0.1) is 6.58 Å². The molecular formula is C81H70Br6Cl5N4NaO12. The molecule has 3 aliphatic rings. The summed E-state index contributed by atoms with van der Waals surface area (Å²) in [5.74, 6) is 7.92. The van der Waals surface area contributed by atoms with Crippen molar-refractivity contribution >= 4 is 184 Å². The van der Waals surface area contributed by atoms with Crippen LogP contribution >= 0.6 is 154 Å². The SMILES string of the molecule is C=CC.C=Cc1ccc(C)c(Oc2ccc(Cl)cc2)c1.Cc1ccc(Br)cc1Oc1ccc(Cl)cc1.Cc1ccc(C2CC(Br)=NO2)cc1Oc1ccc(Cl)cc1.Cc1ccc([C@@H]2CC(Br)=NO2)cc1Oc1ccc(Cl)cc1.Cc1ccc([C@H]2CC(Br)=NO2)cc1Oc1ccc(Cl)cc1.O=CO[O-].ON=C(Br)Br.[Na+]. The van der Waals surface area contributed by atoms with Gasteiger partial charge in [-0.2, -0.15) is 0 Å². The van der Waals surface area contributed by atoms with E-state index in [9.17, 15) is 0 Å². The molecule has 3 atom stereocenters. The maximum Gasteiger partial charge on any atom is 1.00 e. The van der Waals surface area contributed by atoms with Gasteiger partial charge in [-0.1, -0.05) is 168 Å². The molecule has 0 radical (unpaired) electrons. The van der Waals surface area contributed by atoms with Gasteiger partial charge in [-0.05, 0) is 329 Å². The van der Waals surface area contributed by atoms with Crippen LogP contribution in [-0.4, -0.2) is 29.1 Å². The zero-order valence-corrected chi connectivity index (χ0v) is 74.9. The van der Waals surface area contributed by atoms with Crippen molar-refractivity contribution in [3.63, 3.8) is 0 Å². The first-order chi connectivity index (χ1) is 51.8. The average molecular weight is 1970 g/mol. The molecule has 0 fully saturated rings. The van der Waals surface area contributed by atoms with Gasteiger partial charge in [-0.3, -0.25) is 4.79 Å². The number of hydrogen-bond acceptors (Lipinski definition) is 16. The first kappa shape index (κ1) is 92.9. The molecule has 0 bridgehead atoms. The Kier molecular flexibility index (Phi) is 42.3. The second-order valence-electron chi connectivity index (χ2n) is 22.7. The molecule has 0 amide bonds. The Morgan fingerprint density at radius 3 is 0.890 bits per heavy atom. The van der Waals surface area contributed by atoms with Gasteiger partial charge in [0.1, 0.15) is 71.4 Å². The number of aryl methyl sites for hydroxylation is 5. The minimum absolute atomic E-state index is 0. The van der Waals surface area contributed by atoms with Crippen LogP contribution in [0.4, 0.5) is 0 Å². The van der Waals surface area contributed by atoms with E-state index >= 15 is 0 Å². The van der Waals surface area contributed by atoms with E-state index in [1.54, 1.807) is 48.6 Å². The molecule has 564 valence electrons. The third-order valence-electron chi connectivity index (χ3n) is 14.6. The number of carbonyl (C=O) groups is 1. The van der Waals surface area contributed by atoms with Crippen LogP contribution in [0.1, 0.15) is 94.6 Å². The summed E-state index contributed by atoms with van der Waals surface area (Å²) in [5, 5.41) is 33.9. The van der Waals surface area contributed by atoms with E-state index in [0.717, 1.165) is 145 Å². The third kappa shape index (κ3) is 33.7. The standard InChI is InChI=1S/3C16H13BrClNO2.C15H13ClO.C13H10BrClO.C3H6.CHBr2NO.CH2O3.Na/c3*1-10-2-3-11(15-9-16(17)19-21-15)8-14(10)20-13-6-4-12(18)5-7-13;1-3-12-5-4-11(2)15(10-12)17-14-8-6-13(16)7-9-14;1-9-2-3-10(14)8-13(9)16-12-6-4-11(15)5-7-12;1-3-2;2-1(3)4-5;2-1-4-3;/h3*2-8,15H,9H2,1H3;3-10H,1H2,2H3;2-8H,1H3;3H,1H2,2H3;5H;1,3H;/q;;;;;;;;+1/p-1/t2*15-;;;;;;;/m10......./s1. The Morgan fingerprint density at radius 2 is 0.670 bits per heavy atom. The van der Waals surface area contributed by atoms with Crippen molar-refractivity contribution in [2.75, 3.05) is 0 Å². The number of rotatable bonds is 15. The summed E-state index contributed by atoms with van der Waals surface area (Å²) in [4.78, 5) is 27.4. The number of nitrogens with zero attached hydrogens (tertiary/aromatic N) is 4. The monoisotopic (exact) mass is 1960 g/mol. The van der Waals surface area contributed by atoms with Crippen LogP contribution in [-0.2, 0) is 24.2 Å². The summed E-state index contributed by atoms with van der Waals surface area (Å²) in [6.07, 6.45) is 5.58. The summed E-state index contributed by atoms with van der Waals surface area (Å²) in [6, 6.07) is 66.7. The van der Waals surface area contributed by atoms with E-state index in [1.165, 1.54) is 0 Å². The summed E-state index contributed by atoms with van der Waals surface area (Å²) >= 11 is 48.3. The Bertz CT molecular complexity index is 4400. The first-order valence-electron chi connectivity index (χ1n) is 32.2. The molecule has 16 nitrogen and oxygen atoms in total. The van der Waals surface area contributed by atoms with E-state index in [1.807, 2.05) is 217 Å². The zero-order chi connectivity index (χ0) is 78.7.